The van der Waals surface area contributed by atoms with Crippen molar-refractivity contribution in [1.29, 1.82) is 0 Å². The summed E-state index contributed by atoms with van der Waals surface area (Å²) in [5.41, 5.74) is 1.54. The van der Waals surface area contributed by atoms with E-state index >= 15 is 0 Å². The molecule has 0 bridgehead atoms. The number of anilines is 1. The van der Waals surface area contributed by atoms with Crippen molar-refractivity contribution in [2.45, 2.75) is 39.4 Å². The van der Waals surface area contributed by atoms with Crippen LogP contribution in [0.4, 0.5) is 5.82 Å². The van der Waals surface area contributed by atoms with E-state index in [1.807, 2.05) is 20.8 Å². The Balaban J connectivity index is 1.83. The molecule has 3 aromatic heterocycles. The molecule has 10 heteroatoms. The summed E-state index contributed by atoms with van der Waals surface area (Å²) in [4.78, 5) is 35.7. The third kappa shape index (κ3) is 3.91. The van der Waals surface area contributed by atoms with Gasteiger partial charge in [0.1, 0.15) is 4.83 Å². The van der Waals surface area contributed by atoms with Gasteiger partial charge in [0.2, 0.25) is 5.91 Å². The number of halogens is 2. The summed E-state index contributed by atoms with van der Waals surface area (Å²) in [5, 5.41) is 4.59. The van der Waals surface area contributed by atoms with Crippen LogP contribution in [0.1, 0.15) is 22.9 Å². The monoisotopic (exact) mass is 456 g/mol. The molecular formula is C18H18Cl2N4O2S2. The molecule has 148 valence electrons. The van der Waals surface area contributed by atoms with Crippen molar-refractivity contribution < 1.29 is 4.79 Å². The lowest BCUT2D eigenvalue weighted by Crippen LogP contribution is -2.23. The molecule has 0 atom stereocenters. The zero-order valence-electron chi connectivity index (χ0n) is 15.7. The molecule has 1 N–H and O–H groups in total. The lowest BCUT2D eigenvalue weighted by Gasteiger charge is -2.11. The number of aryl methyl sites for hydroxylation is 2. The van der Waals surface area contributed by atoms with Crippen molar-refractivity contribution in [2.24, 2.45) is 0 Å². The highest BCUT2D eigenvalue weighted by atomic mass is 35.5. The minimum Gasteiger partial charge on any atom is -0.309 e. The van der Waals surface area contributed by atoms with Gasteiger partial charge in [-0.05, 0) is 38.8 Å². The largest absolute Gasteiger partial charge is 0.309 e. The van der Waals surface area contributed by atoms with E-state index in [0.29, 0.717) is 37.5 Å². The second-order valence-corrected chi connectivity index (χ2v) is 9.07. The summed E-state index contributed by atoms with van der Waals surface area (Å²) >= 11 is 14.9. The van der Waals surface area contributed by atoms with Crippen molar-refractivity contribution in [3.63, 3.8) is 0 Å². The molecule has 0 spiro atoms. The second-order valence-electron chi connectivity index (χ2n) is 6.14. The quantitative estimate of drug-likeness (QED) is 0.439. The molecule has 0 aliphatic rings. The maximum absolute atomic E-state index is 12.8. The van der Waals surface area contributed by atoms with Crippen molar-refractivity contribution in [1.82, 2.24) is 14.5 Å². The lowest BCUT2D eigenvalue weighted by molar-refractivity contribution is -0.113. The predicted molar refractivity (Wildman–Crippen MR) is 117 cm³/mol. The molecule has 0 saturated carbocycles. The molecule has 0 unspecified atom stereocenters. The van der Waals surface area contributed by atoms with Gasteiger partial charge in [-0.1, -0.05) is 35.0 Å². The van der Waals surface area contributed by atoms with E-state index in [-0.39, 0.29) is 23.0 Å². The first kappa shape index (κ1) is 21.1. The average Bonchev–Trinajstić information content (AvgIpc) is 2.94. The van der Waals surface area contributed by atoms with Gasteiger partial charge in [-0.15, -0.1) is 11.3 Å². The van der Waals surface area contributed by atoms with Crippen LogP contribution in [-0.2, 0) is 11.3 Å². The van der Waals surface area contributed by atoms with Crippen LogP contribution in [0, 0.1) is 20.8 Å². The second kappa shape index (κ2) is 8.41. The first-order chi connectivity index (χ1) is 13.2. The summed E-state index contributed by atoms with van der Waals surface area (Å²) in [6.45, 7) is 8.02. The maximum Gasteiger partial charge on any atom is 0.263 e. The third-order valence-corrected chi connectivity index (χ3v) is 7.28. The molecule has 3 aromatic rings. The Bertz CT molecular complexity index is 1140. The Labute approximate surface area is 180 Å². The minimum absolute atomic E-state index is 0.0704. The Morgan fingerprint density at radius 1 is 1.29 bits per heavy atom. The Morgan fingerprint density at radius 2 is 2.00 bits per heavy atom. The van der Waals surface area contributed by atoms with Gasteiger partial charge in [0.25, 0.3) is 5.56 Å². The number of pyridine rings is 1. The first-order valence-corrected chi connectivity index (χ1v) is 11.0. The van der Waals surface area contributed by atoms with Crippen LogP contribution < -0.4 is 10.9 Å². The number of amides is 1. The highest BCUT2D eigenvalue weighted by Crippen LogP contribution is 2.30. The summed E-state index contributed by atoms with van der Waals surface area (Å²) in [7, 11) is 0. The Morgan fingerprint density at radius 3 is 2.68 bits per heavy atom. The zero-order valence-corrected chi connectivity index (χ0v) is 18.9. The third-order valence-electron chi connectivity index (χ3n) is 4.36. The smallest absolute Gasteiger partial charge is 0.263 e. The van der Waals surface area contributed by atoms with Crippen LogP contribution in [0.25, 0.3) is 10.2 Å². The molecule has 28 heavy (non-hydrogen) atoms. The minimum atomic E-state index is -0.295. The van der Waals surface area contributed by atoms with E-state index in [2.05, 4.69) is 15.3 Å². The zero-order chi connectivity index (χ0) is 20.6. The Kier molecular flexibility index (Phi) is 6.34. The van der Waals surface area contributed by atoms with E-state index in [0.717, 1.165) is 10.4 Å². The van der Waals surface area contributed by atoms with E-state index in [1.54, 1.807) is 11.5 Å². The van der Waals surface area contributed by atoms with Crippen molar-refractivity contribution in [2.75, 3.05) is 11.1 Å². The van der Waals surface area contributed by atoms with E-state index in [9.17, 15) is 9.59 Å². The van der Waals surface area contributed by atoms with Gasteiger partial charge >= 0.3 is 0 Å². The normalized spacial score (nSPS) is 11.2. The predicted octanol–water partition coefficient (Wildman–Crippen LogP) is 4.84. The van der Waals surface area contributed by atoms with Crippen LogP contribution in [0.15, 0.2) is 16.1 Å². The molecule has 0 radical (unpaired) electrons. The molecule has 0 aromatic carbocycles. The number of fused-ring (bicyclic) bond motifs is 1. The SMILES string of the molecule is CCn1c(SCC(=O)Nc2ncc(Cl)c(C)c2Cl)nc2sc(C)c(C)c2c1=O. The standard InChI is InChI=1S/C18H18Cl2N4O2S2/c1-5-24-17(26)13-8(2)10(4)28-16(13)23-18(24)27-7-12(25)22-15-14(20)9(3)11(19)6-21-15/h6H,5,7H2,1-4H3,(H,21,22,25). The number of thioether (sulfide) groups is 1. The van der Waals surface area contributed by atoms with Gasteiger partial charge in [0.15, 0.2) is 11.0 Å². The summed E-state index contributed by atoms with van der Waals surface area (Å²) in [6.07, 6.45) is 1.44. The lowest BCUT2D eigenvalue weighted by atomic mass is 10.2. The summed E-state index contributed by atoms with van der Waals surface area (Å²) in [6, 6.07) is 0. The topological polar surface area (TPSA) is 76.9 Å². The number of rotatable bonds is 5. The number of thiophene rings is 1. The molecule has 0 aliphatic carbocycles. The van der Waals surface area contributed by atoms with Crippen LogP contribution in [-0.4, -0.2) is 26.2 Å². The van der Waals surface area contributed by atoms with E-state index in [4.69, 9.17) is 23.2 Å². The summed E-state index contributed by atoms with van der Waals surface area (Å²) in [5.74, 6) is 0.0349. The molecule has 1 amide bonds. The van der Waals surface area contributed by atoms with Gasteiger partial charge in [-0.2, -0.15) is 0 Å². The number of nitrogens with zero attached hydrogens (tertiary/aromatic N) is 3. The average molecular weight is 457 g/mol. The van der Waals surface area contributed by atoms with Crippen LogP contribution >= 0.6 is 46.3 Å². The highest BCUT2D eigenvalue weighted by Gasteiger charge is 2.17. The molecule has 3 heterocycles. The highest BCUT2D eigenvalue weighted by molar-refractivity contribution is 7.99. The fraction of sp³-hybridized carbons (Fsp3) is 0.333. The molecule has 0 aliphatic heterocycles. The van der Waals surface area contributed by atoms with Crippen LogP contribution in [0.5, 0.6) is 0 Å². The van der Waals surface area contributed by atoms with Crippen molar-refractivity contribution >= 4 is 68.2 Å². The molecule has 3 rings (SSSR count). The van der Waals surface area contributed by atoms with Gasteiger partial charge < -0.3 is 5.32 Å². The molecule has 6 nitrogen and oxygen atoms in total. The fourth-order valence-electron chi connectivity index (χ4n) is 2.64. The van der Waals surface area contributed by atoms with Crippen LogP contribution in [0.3, 0.4) is 0 Å². The molecule has 0 fully saturated rings. The number of nitrogens with one attached hydrogen (secondary N) is 1. The Hall–Kier alpha value is -1.61. The maximum atomic E-state index is 12.8. The number of aromatic nitrogens is 3. The summed E-state index contributed by atoms with van der Waals surface area (Å²) < 4.78 is 1.59. The van der Waals surface area contributed by atoms with Gasteiger partial charge in [0, 0.05) is 17.6 Å². The van der Waals surface area contributed by atoms with Gasteiger partial charge in [-0.3, -0.25) is 14.2 Å². The number of carbonyl (C=O) groups excluding carboxylic acids is 1. The van der Waals surface area contributed by atoms with Crippen molar-refractivity contribution in [3.05, 3.63) is 42.6 Å². The van der Waals surface area contributed by atoms with Gasteiger partial charge in [0.05, 0.1) is 21.2 Å². The van der Waals surface area contributed by atoms with Gasteiger partial charge in [-0.25, -0.2) is 9.97 Å². The van der Waals surface area contributed by atoms with E-state index in [1.165, 1.54) is 29.3 Å². The number of carbonyl (C=O) groups is 1. The van der Waals surface area contributed by atoms with E-state index < -0.39 is 0 Å². The number of hydrogen-bond donors (Lipinski definition) is 1. The molecule has 0 saturated heterocycles. The van der Waals surface area contributed by atoms with Crippen LogP contribution in [0.2, 0.25) is 10.0 Å². The molecular weight excluding hydrogens is 439 g/mol. The fourth-order valence-corrected chi connectivity index (χ4v) is 4.96. The first-order valence-electron chi connectivity index (χ1n) is 8.48. The number of hydrogen-bond acceptors (Lipinski definition) is 6. The van der Waals surface area contributed by atoms with Crippen molar-refractivity contribution in [3.8, 4) is 0 Å².